The maximum atomic E-state index is 9.62. The third-order valence-electron chi connectivity index (χ3n) is 2.97. The molecular weight excluding hydrogens is 176 g/mol. The van der Waals surface area contributed by atoms with Crippen molar-refractivity contribution in [2.75, 3.05) is 26.7 Å². The highest BCUT2D eigenvalue weighted by atomic mass is 16.3. The number of rotatable bonds is 4. The Hall–Kier alpha value is -0.120. The second-order valence-electron chi connectivity index (χ2n) is 5.04. The maximum Gasteiger partial charge on any atom is 0.0603 e. The summed E-state index contributed by atoms with van der Waals surface area (Å²) in [4.78, 5) is 2.37. The molecule has 0 aliphatic carbocycles. The second kappa shape index (κ2) is 5.10. The fraction of sp³-hybridized carbons (Fsp3) is 1.00. The summed E-state index contributed by atoms with van der Waals surface area (Å²) in [6, 6.07) is 0.658. The summed E-state index contributed by atoms with van der Waals surface area (Å²) in [5.41, 5.74) is -0.531. The van der Waals surface area contributed by atoms with Crippen molar-refractivity contribution in [2.45, 2.75) is 44.8 Å². The van der Waals surface area contributed by atoms with Gasteiger partial charge in [0.05, 0.1) is 5.60 Å². The maximum absolute atomic E-state index is 9.62. The van der Waals surface area contributed by atoms with Crippen molar-refractivity contribution in [3.05, 3.63) is 0 Å². The molecule has 1 saturated heterocycles. The van der Waals surface area contributed by atoms with Gasteiger partial charge in [-0.2, -0.15) is 0 Å². The zero-order valence-corrected chi connectivity index (χ0v) is 9.71. The molecule has 0 saturated carbocycles. The molecule has 1 aliphatic rings. The Bertz CT molecular complexity index is 159. The summed E-state index contributed by atoms with van der Waals surface area (Å²) in [6.45, 7) is 6.99. The van der Waals surface area contributed by atoms with Gasteiger partial charge >= 0.3 is 0 Å². The molecule has 0 radical (unpaired) electrons. The molecule has 0 aromatic rings. The topological polar surface area (TPSA) is 35.5 Å². The van der Waals surface area contributed by atoms with Crippen molar-refractivity contribution in [3.63, 3.8) is 0 Å². The molecule has 0 spiro atoms. The van der Waals surface area contributed by atoms with Crippen LogP contribution in [0.5, 0.6) is 0 Å². The lowest BCUT2D eigenvalue weighted by molar-refractivity contribution is 0.0536. The van der Waals surface area contributed by atoms with E-state index in [0.717, 1.165) is 26.1 Å². The van der Waals surface area contributed by atoms with Gasteiger partial charge in [0.25, 0.3) is 0 Å². The van der Waals surface area contributed by atoms with Gasteiger partial charge in [0.15, 0.2) is 0 Å². The lowest BCUT2D eigenvalue weighted by Crippen LogP contribution is -2.45. The van der Waals surface area contributed by atoms with Crippen LogP contribution in [0.25, 0.3) is 0 Å². The number of nitrogens with one attached hydrogen (secondary N) is 1. The Kier molecular flexibility index (Phi) is 4.35. The predicted molar refractivity (Wildman–Crippen MR) is 59.4 cm³/mol. The number of likely N-dealkylation sites (N-methyl/N-ethyl adjacent to an activating group) is 1. The van der Waals surface area contributed by atoms with E-state index in [0.29, 0.717) is 6.04 Å². The smallest absolute Gasteiger partial charge is 0.0603 e. The zero-order valence-electron chi connectivity index (χ0n) is 9.71. The van der Waals surface area contributed by atoms with Crippen LogP contribution >= 0.6 is 0 Å². The molecule has 3 heteroatoms. The highest BCUT2D eigenvalue weighted by Crippen LogP contribution is 2.12. The summed E-state index contributed by atoms with van der Waals surface area (Å²) in [7, 11) is 2.16. The van der Waals surface area contributed by atoms with Crippen LogP contribution in [0.15, 0.2) is 0 Å². The molecule has 1 aliphatic heterocycles. The van der Waals surface area contributed by atoms with Gasteiger partial charge in [-0.1, -0.05) is 0 Å². The van der Waals surface area contributed by atoms with E-state index in [1.165, 1.54) is 12.8 Å². The number of aliphatic hydroxyl groups is 1. The van der Waals surface area contributed by atoms with Crippen molar-refractivity contribution in [3.8, 4) is 0 Å². The molecule has 0 bridgehead atoms. The first-order valence-corrected chi connectivity index (χ1v) is 5.62. The summed E-state index contributed by atoms with van der Waals surface area (Å²) in [6.07, 6.45) is 3.41. The van der Waals surface area contributed by atoms with Crippen molar-refractivity contribution in [1.82, 2.24) is 10.2 Å². The Morgan fingerprint density at radius 3 is 2.71 bits per heavy atom. The van der Waals surface area contributed by atoms with Crippen LogP contribution in [0.1, 0.15) is 33.1 Å². The molecule has 1 rings (SSSR count). The van der Waals surface area contributed by atoms with E-state index in [2.05, 4.69) is 17.3 Å². The average molecular weight is 200 g/mol. The molecule has 1 unspecified atom stereocenters. The van der Waals surface area contributed by atoms with Crippen molar-refractivity contribution in [2.24, 2.45) is 0 Å². The van der Waals surface area contributed by atoms with Gasteiger partial charge < -0.3 is 15.3 Å². The zero-order chi connectivity index (χ0) is 10.6. The van der Waals surface area contributed by atoms with Crippen LogP contribution in [0.4, 0.5) is 0 Å². The van der Waals surface area contributed by atoms with Gasteiger partial charge in [0.1, 0.15) is 0 Å². The quantitative estimate of drug-likeness (QED) is 0.705. The minimum Gasteiger partial charge on any atom is -0.390 e. The lowest BCUT2D eigenvalue weighted by atomic mass is 10.0. The Morgan fingerprint density at radius 1 is 1.50 bits per heavy atom. The summed E-state index contributed by atoms with van der Waals surface area (Å²) >= 11 is 0. The average Bonchev–Trinajstić information content (AvgIpc) is 2.14. The Balaban J connectivity index is 2.23. The fourth-order valence-corrected chi connectivity index (χ4v) is 1.84. The Labute approximate surface area is 87.5 Å². The standard InChI is InChI=1S/C11H24N2O/c1-11(2,14)6-8-13(3)10-5-4-7-12-9-10/h10,12,14H,4-9H2,1-3H3. The molecule has 0 aromatic heterocycles. The van der Waals surface area contributed by atoms with E-state index >= 15 is 0 Å². The highest BCUT2D eigenvalue weighted by Gasteiger charge is 2.20. The van der Waals surface area contributed by atoms with Crippen LogP contribution < -0.4 is 5.32 Å². The first-order chi connectivity index (χ1) is 6.49. The van der Waals surface area contributed by atoms with E-state index in [4.69, 9.17) is 0 Å². The number of piperidine rings is 1. The fourth-order valence-electron chi connectivity index (χ4n) is 1.84. The van der Waals surface area contributed by atoms with Gasteiger partial charge in [-0.15, -0.1) is 0 Å². The summed E-state index contributed by atoms with van der Waals surface area (Å²) in [5, 5.41) is 13.0. The van der Waals surface area contributed by atoms with Gasteiger partial charge in [-0.05, 0) is 46.7 Å². The second-order valence-corrected chi connectivity index (χ2v) is 5.04. The van der Waals surface area contributed by atoms with E-state index in [1.807, 2.05) is 13.8 Å². The number of nitrogens with zero attached hydrogens (tertiary/aromatic N) is 1. The molecule has 1 heterocycles. The third kappa shape index (κ3) is 4.40. The van der Waals surface area contributed by atoms with E-state index in [9.17, 15) is 5.11 Å². The van der Waals surface area contributed by atoms with E-state index in [-0.39, 0.29) is 0 Å². The Morgan fingerprint density at radius 2 is 2.21 bits per heavy atom. The van der Waals surface area contributed by atoms with Crippen LogP contribution in [-0.4, -0.2) is 48.3 Å². The first-order valence-electron chi connectivity index (χ1n) is 5.62. The SMILES string of the molecule is CN(CCC(C)(C)O)C1CCCNC1. The van der Waals surface area contributed by atoms with Crippen molar-refractivity contribution >= 4 is 0 Å². The molecule has 84 valence electrons. The first kappa shape index (κ1) is 12.0. The van der Waals surface area contributed by atoms with Crippen molar-refractivity contribution in [1.29, 1.82) is 0 Å². The van der Waals surface area contributed by atoms with Gasteiger partial charge in [-0.25, -0.2) is 0 Å². The molecule has 2 N–H and O–H groups in total. The van der Waals surface area contributed by atoms with Gasteiger partial charge in [0.2, 0.25) is 0 Å². The normalized spacial score (nSPS) is 24.2. The number of hydrogen-bond acceptors (Lipinski definition) is 3. The molecule has 0 aromatic carbocycles. The lowest BCUT2D eigenvalue weighted by Gasteiger charge is -2.33. The van der Waals surface area contributed by atoms with Crippen LogP contribution in [0.3, 0.4) is 0 Å². The minimum absolute atomic E-state index is 0.531. The number of hydrogen-bond donors (Lipinski definition) is 2. The molecular formula is C11H24N2O. The van der Waals surface area contributed by atoms with Gasteiger partial charge in [0, 0.05) is 19.1 Å². The van der Waals surface area contributed by atoms with Crippen LogP contribution in [0.2, 0.25) is 0 Å². The third-order valence-corrected chi connectivity index (χ3v) is 2.97. The molecule has 3 nitrogen and oxygen atoms in total. The van der Waals surface area contributed by atoms with Crippen molar-refractivity contribution < 1.29 is 5.11 Å². The monoisotopic (exact) mass is 200 g/mol. The molecule has 1 atom stereocenters. The van der Waals surface area contributed by atoms with E-state index < -0.39 is 5.60 Å². The summed E-state index contributed by atoms with van der Waals surface area (Å²) < 4.78 is 0. The molecule has 1 fully saturated rings. The molecule has 14 heavy (non-hydrogen) atoms. The highest BCUT2D eigenvalue weighted by molar-refractivity contribution is 4.78. The van der Waals surface area contributed by atoms with Gasteiger partial charge in [-0.3, -0.25) is 0 Å². The summed E-state index contributed by atoms with van der Waals surface area (Å²) in [5.74, 6) is 0. The minimum atomic E-state index is -0.531. The predicted octanol–water partition coefficient (Wildman–Crippen LogP) is 0.831. The van der Waals surface area contributed by atoms with E-state index in [1.54, 1.807) is 0 Å². The van der Waals surface area contributed by atoms with Crippen LogP contribution in [0, 0.1) is 0 Å². The van der Waals surface area contributed by atoms with Crippen LogP contribution in [-0.2, 0) is 0 Å². The largest absolute Gasteiger partial charge is 0.390 e. The molecule has 0 amide bonds.